The lowest BCUT2D eigenvalue weighted by molar-refractivity contribution is -0.209. The molecule has 22 nitrogen and oxygen atoms in total. The van der Waals surface area contributed by atoms with Crippen molar-refractivity contribution in [3.63, 3.8) is 0 Å². The van der Waals surface area contributed by atoms with Gasteiger partial charge in [0.05, 0.1) is 38.0 Å². The number of rotatable bonds is 6. The zero-order chi connectivity index (χ0) is 41.8. The Kier molecular flexibility index (Phi) is 10.5. The number of amides is 2. The zero-order valence-electron chi connectivity index (χ0n) is 30.4. The first kappa shape index (κ1) is 39.9. The Bertz CT molecular complexity index is 2500. The lowest BCUT2D eigenvalue weighted by atomic mass is 10.1. The molecule has 7 heterocycles. The largest absolute Gasteiger partial charge is 0.766 e. The second-order valence-electron chi connectivity index (χ2n) is 13.6. The second-order valence-corrected chi connectivity index (χ2v) is 16.7. The van der Waals surface area contributed by atoms with Gasteiger partial charge in [-0.15, -0.1) is 0 Å². The predicted molar refractivity (Wildman–Crippen MR) is 198 cm³/mol. The van der Waals surface area contributed by atoms with Crippen molar-refractivity contribution in [2.24, 2.45) is 0 Å². The Hall–Kier alpha value is -5.52. The number of ether oxygens (including phenoxy) is 2. The van der Waals surface area contributed by atoms with Crippen LogP contribution in [-0.4, -0.2) is 101 Å². The number of benzene rings is 2. The number of carbonyl (C=O) groups excluding carboxylic acids is 2. The van der Waals surface area contributed by atoms with Crippen LogP contribution < -0.4 is 30.6 Å². The summed E-state index contributed by atoms with van der Waals surface area (Å²) in [6, 6.07) is 12.9. The summed E-state index contributed by atoms with van der Waals surface area (Å²) in [5, 5.41) is 9.40. The molecule has 9 rings (SSSR count). The Morgan fingerprint density at radius 2 is 1.05 bits per heavy atom. The summed E-state index contributed by atoms with van der Waals surface area (Å²) < 4.78 is 83.8. The minimum absolute atomic E-state index is 0.0162. The van der Waals surface area contributed by atoms with E-state index in [1.165, 1.54) is 0 Å². The lowest BCUT2D eigenvalue weighted by Crippen LogP contribution is -2.48. The summed E-state index contributed by atoms with van der Waals surface area (Å²) in [6.07, 6.45) is -6.54. The fraction of sp³-hybridized carbons (Fsp3) is 0.294. The number of hydrogen-bond acceptors (Lipinski definition) is 16. The normalized spacial score (nSPS) is 30.9. The Balaban J connectivity index is 0.938. The zero-order valence-corrected chi connectivity index (χ0v) is 32.2. The molecule has 0 aliphatic carbocycles. The summed E-state index contributed by atoms with van der Waals surface area (Å²) in [5.74, 6) is -1.06. The van der Waals surface area contributed by atoms with Crippen molar-refractivity contribution in [3.05, 3.63) is 97.1 Å². The van der Waals surface area contributed by atoms with Gasteiger partial charge in [0.2, 0.25) is 15.5 Å². The summed E-state index contributed by atoms with van der Waals surface area (Å²) in [6.45, 7) is -1.89. The highest BCUT2D eigenvalue weighted by Crippen LogP contribution is 2.46. The average Bonchev–Trinajstić information content (AvgIpc) is 4.01. The molecule has 3 saturated heterocycles. The maximum absolute atomic E-state index is 16.4. The number of nitrogens with one attached hydrogen (secondary N) is 4. The molecular formula is C34H30F2N12O10P2-2. The molecule has 312 valence electrons. The topological polar surface area (TPSA) is 287 Å². The number of aromatic nitrogens is 8. The van der Waals surface area contributed by atoms with Crippen molar-refractivity contribution in [1.29, 1.82) is 0 Å². The lowest BCUT2D eigenvalue weighted by Gasteiger charge is -2.35. The van der Waals surface area contributed by atoms with E-state index in [-0.39, 0.29) is 34.0 Å². The maximum atomic E-state index is 16.4. The minimum Gasteiger partial charge on any atom is -0.766 e. The first-order valence-corrected chi connectivity index (χ1v) is 21.1. The van der Waals surface area contributed by atoms with E-state index >= 15 is 8.78 Å². The predicted octanol–water partition coefficient (Wildman–Crippen LogP) is 1.54. The minimum atomic E-state index is -5.25. The molecule has 3 aliphatic heterocycles. The van der Waals surface area contributed by atoms with E-state index < -0.39 is 89.6 Å². The third kappa shape index (κ3) is 7.69. The Labute approximate surface area is 335 Å². The third-order valence-corrected chi connectivity index (χ3v) is 12.1. The number of nitrogens with zero attached hydrogens (tertiary/aromatic N) is 8. The molecule has 4 aromatic heterocycles. The summed E-state index contributed by atoms with van der Waals surface area (Å²) >= 11 is 0. The summed E-state index contributed by atoms with van der Waals surface area (Å²) in [4.78, 5) is 77.2. The Morgan fingerprint density at radius 1 is 0.650 bits per heavy atom. The van der Waals surface area contributed by atoms with Crippen LogP contribution in [0.15, 0.2) is 86.0 Å². The van der Waals surface area contributed by atoms with E-state index in [4.69, 9.17) is 18.5 Å². The number of imidazole rings is 2. The number of anilines is 2. The molecular weight excluding hydrogens is 836 g/mol. The Morgan fingerprint density at radius 3 is 1.45 bits per heavy atom. The molecule has 3 aliphatic rings. The molecule has 2 aromatic carbocycles. The quantitative estimate of drug-likeness (QED) is 0.173. The van der Waals surface area contributed by atoms with Gasteiger partial charge in [0.1, 0.15) is 24.9 Å². The fourth-order valence-electron chi connectivity index (χ4n) is 7.06. The SMILES string of the molecule is O=C(Nc1ncnc2c1ncn2[C@@H]1O[C@@H]2COP(=O)([O-])N[C@H]3[C@@H](F)[C@H](n4cnc5c(NC(=O)c6ccccc6)ncnc54)O[C@@H]3COP(=O)([O-])N[C@H]2[C@H]1F)c1ccccc1. The smallest absolute Gasteiger partial charge is 0.256 e. The van der Waals surface area contributed by atoms with Crippen LogP contribution in [0.5, 0.6) is 0 Å². The van der Waals surface area contributed by atoms with E-state index in [0.29, 0.717) is 11.1 Å². The number of carbonyl (C=O) groups is 2. The molecule has 26 heteroatoms. The van der Waals surface area contributed by atoms with Crippen molar-refractivity contribution in [1.82, 2.24) is 49.2 Å². The van der Waals surface area contributed by atoms with Gasteiger partial charge in [-0.3, -0.25) is 27.9 Å². The van der Waals surface area contributed by atoms with Gasteiger partial charge in [0.25, 0.3) is 11.8 Å². The summed E-state index contributed by atoms with van der Waals surface area (Å²) in [7, 11) is -10.5. The summed E-state index contributed by atoms with van der Waals surface area (Å²) in [5.41, 5.74) is 0.682. The molecule has 3 fully saturated rings. The van der Waals surface area contributed by atoms with E-state index in [1.54, 1.807) is 60.7 Å². The molecule has 2 unspecified atom stereocenters. The van der Waals surface area contributed by atoms with Gasteiger partial charge in [0, 0.05) is 11.1 Å². The van der Waals surface area contributed by atoms with Crippen LogP contribution in [-0.2, 0) is 27.7 Å². The average molecular weight is 867 g/mol. The van der Waals surface area contributed by atoms with Crippen LogP contribution in [0.4, 0.5) is 20.4 Å². The van der Waals surface area contributed by atoms with Crippen LogP contribution >= 0.6 is 15.5 Å². The van der Waals surface area contributed by atoms with Gasteiger partial charge in [-0.1, -0.05) is 36.4 Å². The standard InChI is InChI=1S/C34H32F2N12O10P2/c35-21-23-19(57-33(21)47-15-41-25-27(37-13-39-29(25)47)43-31(49)17-7-3-1-4-8-17)11-55-60(53,54)46-24-20(12-56-59(51,52)45-23)58-34(22(24)36)48-16-42-26-28(38-14-40-30(26)48)44-32(50)18-9-5-2-6-10-18/h1-10,13-16,19-24,33-34H,11-12H2,(H2,45,51,52)(H2,46,53,54)(H,37,39,43,49)(H,38,40,44,50)/p-2/t19-,20-,21-,22-,23-,24-,33-,34-/m1/s1. The highest BCUT2D eigenvalue weighted by molar-refractivity contribution is 7.49. The van der Waals surface area contributed by atoms with E-state index in [2.05, 4.69) is 50.7 Å². The third-order valence-electron chi connectivity index (χ3n) is 9.89. The first-order valence-electron chi connectivity index (χ1n) is 18.0. The highest BCUT2D eigenvalue weighted by Gasteiger charge is 2.51. The maximum Gasteiger partial charge on any atom is 0.256 e. The number of halogens is 2. The van der Waals surface area contributed by atoms with Crippen molar-refractivity contribution >= 4 is 61.3 Å². The number of alkyl halides is 2. The van der Waals surface area contributed by atoms with Crippen LogP contribution in [0.25, 0.3) is 22.3 Å². The van der Waals surface area contributed by atoms with Crippen molar-refractivity contribution in [2.75, 3.05) is 23.8 Å². The molecule has 10 atom stereocenters. The van der Waals surface area contributed by atoms with Crippen LogP contribution in [0.1, 0.15) is 33.2 Å². The van der Waals surface area contributed by atoms with Crippen molar-refractivity contribution in [2.45, 2.75) is 49.1 Å². The first-order chi connectivity index (χ1) is 28.9. The van der Waals surface area contributed by atoms with Crippen LogP contribution in [0.3, 0.4) is 0 Å². The molecule has 6 aromatic rings. The van der Waals surface area contributed by atoms with Gasteiger partial charge in [-0.2, -0.15) is 0 Å². The monoisotopic (exact) mass is 866 g/mol. The number of hydrogen-bond donors (Lipinski definition) is 4. The van der Waals surface area contributed by atoms with Gasteiger partial charge in [0.15, 0.2) is 58.8 Å². The van der Waals surface area contributed by atoms with Gasteiger partial charge in [-0.25, -0.2) is 48.9 Å². The molecule has 60 heavy (non-hydrogen) atoms. The van der Waals surface area contributed by atoms with Crippen LogP contribution in [0, 0.1) is 0 Å². The van der Waals surface area contributed by atoms with Gasteiger partial charge < -0.3 is 38.9 Å². The van der Waals surface area contributed by atoms with E-state index in [1.807, 2.05) is 0 Å². The number of fused-ring (bicyclic) bond motifs is 4. The molecule has 2 amide bonds. The van der Waals surface area contributed by atoms with Crippen molar-refractivity contribution < 1.29 is 55.8 Å². The van der Waals surface area contributed by atoms with Gasteiger partial charge >= 0.3 is 0 Å². The molecule has 0 radical (unpaired) electrons. The highest BCUT2D eigenvalue weighted by atomic mass is 31.2. The molecule has 4 N–H and O–H groups in total. The second kappa shape index (κ2) is 15.8. The molecule has 0 bridgehead atoms. The van der Waals surface area contributed by atoms with Crippen LogP contribution in [0.2, 0.25) is 0 Å². The van der Waals surface area contributed by atoms with E-state index in [9.17, 15) is 28.5 Å². The fourth-order valence-corrected chi connectivity index (χ4v) is 9.24. The molecule has 0 saturated carbocycles. The van der Waals surface area contributed by atoms with Gasteiger partial charge in [-0.05, 0) is 24.3 Å². The van der Waals surface area contributed by atoms with Crippen molar-refractivity contribution in [3.8, 4) is 0 Å². The van der Waals surface area contributed by atoms with E-state index in [0.717, 1.165) is 34.4 Å². The molecule has 0 spiro atoms.